The van der Waals surface area contributed by atoms with Gasteiger partial charge in [0.15, 0.2) is 0 Å². The summed E-state index contributed by atoms with van der Waals surface area (Å²) in [5, 5.41) is 0. The van der Waals surface area contributed by atoms with Gasteiger partial charge in [-0.15, -0.1) is 0 Å². The number of rotatable bonds is 5. The lowest BCUT2D eigenvalue weighted by Crippen LogP contribution is -2.24. The van der Waals surface area contributed by atoms with Crippen molar-refractivity contribution in [3.05, 3.63) is 60.2 Å². The van der Waals surface area contributed by atoms with Gasteiger partial charge in [0, 0.05) is 25.8 Å². The molecule has 3 aromatic rings. The largest absolute Gasteiger partial charge is 0.366 e. The Labute approximate surface area is 139 Å². The lowest BCUT2D eigenvalue weighted by molar-refractivity contribution is 0.00864. The molecule has 0 aliphatic carbocycles. The van der Waals surface area contributed by atoms with E-state index in [0.29, 0.717) is 18.9 Å². The quantitative estimate of drug-likeness (QED) is 0.783. The molecule has 24 heavy (non-hydrogen) atoms. The summed E-state index contributed by atoms with van der Waals surface area (Å²) < 4.78 is 20.0. The number of halogens is 1. The van der Waals surface area contributed by atoms with Crippen LogP contribution in [0.3, 0.4) is 0 Å². The zero-order valence-corrected chi connectivity index (χ0v) is 13.2. The van der Waals surface area contributed by atoms with E-state index in [9.17, 15) is 4.39 Å². The number of nitrogens with one attached hydrogen (secondary N) is 1. The minimum absolute atomic E-state index is 0.277. The fraction of sp³-hybridized carbons (Fsp3) is 0.333. The number of nitrogens with zero attached hydrogens (tertiary/aromatic N) is 3. The fourth-order valence-electron chi connectivity index (χ4n) is 3.10. The second-order valence-electron chi connectivity index (χ2n) is 6.12. The number of hydrogen-bond donors (Lipinski definition) is 1. The van der Waals surface area contributed by atoms with Gasteiger partial charge in [-0.25, -0.2) is 9.37 Å². The van der Waals surface area contributed by atoms with E-state index in [2.05, 4.69) is 32.0 Å². The van der Waals surface area contributed by atoms with Crippen molar-refractivity contribution in [1.29, 1.82) is 0 Å². The van der Waals surface area contributed by atoms with Gasteiger partial charge in [0.05, 0.1) is 17.2 Å². The molecule has 1 saturated heterocycles. The van der Waals surface area contributed by atoms with Crippen LogP contribution < -0.4 is 0 Å². The van der Waals surface area contributed by atoms with Crippen molar-refractivity contribution in [1.82, 2.24) is 19.9 Å². The van der Waals surface area contributed by atoms with Crippen molar-refractivity contribution in [2.75, 3.05) is 13.1 Å². The molecule has 6 heteroatoms. The summed E-state index contributed by atoms with van der Waals surface area (Å²) in [4.78, 5) is 13.7. The number of H-pyrrole nitrogens is 1. The third kappa shape index (κ3) is 3.29. The molecule has 1 aromatic carbocycles. The smallest absolute Gasteiger partial charge is 0.140 e. The van der Waals surface area contributed by atoms with E-state index in [1.807, 2.05) is 24.3 Å². The molecular formula is C18H19FN4O. The highest BCUT2D eigenvalue weighted by Gasteiger charge is 2.33. The van der Waals surface area contributed by atoms with E-state index in [4.69, 9.17) is 4.74 Å². The van der Waals surface area contributed by atoms with Crippen molar-refractivity contribution >= 4 is 11.0 Å². The Kier molecular flexibility index (Phi) is 4.23. The summed E-state index contributed by atoms with van der Waals surface area (Å²) in [6, 6.07) is 11.9. The van der Waals surface area contributed by atoms with Crippen LogP contribution in [0.15, 0.2) is 48.8 Å². The number of aromatic amines is 1. The van der Waals surface area contributed by atoms with Gasteiger partial charge in [-0.3, -0.25) is 9.88 Å². The summed E-state index contributed by atoms with van der Waals surface area (Å²) in [7, 11) is 0. The maximum Gasteiger partial charge on any atom is 0.140 e. The molecule has 124 valence electrons. The van der Waals surface area contributed by atoms with Crippen LogP contribution in [0.5, 0.6) is 0 Å². The van der Waals surface area contributed by atoms with Crippen molar-refractivity contribution in [3.63, 3.8) is 0 Å². The standard InChI is InChI=1S/C18H19FN4O/c19-14-10-23(9-13-4-2-1-3-5-13)11-17(14)24-12-18-21-15-6-7-20-8-16(15)22-18/h1-8,14,17H,9-12H2,(H,21,22)/t14-,17+/m1/s1. The first-order valence-corrected chi connectivity index (χ1v) is 8.08. The lowest BCUT2D eigenvalue weighted by Gasteiger charge is -2.15. The summed E-state index contributed by atoms with van der Waals surface area (Å²) in [6.07, 6.45) is 2.03. The first-order valence-electron chi connectivity index (χ1n) is 8.08. The van der Waals surface area contributed by atoms with Crippen LogP contribution >= 0.6 is 0 Å². The van der Waals surface area contributed by atoms with Crippen molar-refractivity contribution in [2.24, 2.45) is 0 Å². The topological polar surface area (TPSA) is 54.0 Å². The number of pyridine rings is 1. The monoisotopic (exact) mass is 326 g/mol. The van der Waals surface area contributed by atoms with Gasteiger partial charge in [0.1, 0.15) is 24.7 Å². The third-order valence-electron chi connectivity index (χ3n) is 4.29. The third-order valence-corrected chi connectivity index (χ3v) is 4.29. The molecule has 0 spiro atoms. The number of likely N-dealkylation sites (tertiary alicyclic amines) is 1. The molecule has 1 aliphatic heterocycles. The SMILES string of the molecule is F[C@@H]1CN(Cc2ccccc2)C[C@@H]1OCc1nc2ccncc2[nH]1. The first kappa shape index (κ1) is 15.2. The number of hydrogen-bond acceptors (Lipinski definition) is 4. The van der Waals surface area contributed by atoms with Gasteiger partial charge < -0.3 is 9.72 Å². The van der Waals surface area contributed by atoms with E-state index in [1.165, 1.54) is 5.56 Å². The molecule has 4 rings (SSSR count). The number of imidazole rings is 1. The molecule has 0 amide bonds. The summed E-state index contributed by atoms with van der Waals surface area (Å²) >= 11 is 0. The minimum atomic E-state index is -0.972. The predicted molar refractivity (Wildman–Crippen MR) is 89.1 cm³/mol. The average Bonchev–Trinajstić information content (AvgIpc) is 3.16. The zero-order chi connectivity index (χ0) is 16.4. The summed E-state index contributed by atoms with van der Waals surface area (Å²) in [5.41, 5.74) is 2.90. The molecule has 2 atom stereocenters. The predicted octanol–water partition coefficient (Wildman–Crippen LogP) is 2.70. The Morgan fingerprint density at radius 1 is 1.21 bits per heavy atom. The Hall–Kier alpha value is -2.31. The normalized spacial score (nSPS) is 21.5. The van der Waals surface area contributed by atoms with E-state index >= 15 is 0 Å². The van der Waals surface area contributed by atoms with Gasteiger partial charge in [0.25, 0.3) is 0 Å². The zero-order valence-electron chi connectivity index (χ0n) is 13.2. The minimum Gasteiger partial charge on any atom is -0.366 e. The van der Waals surface area contributed by atoms with Gasteiger partial charge >= 0.3 is 0 Å². The fourth-order valence-corrected chi connectivity index (χ4v) is 3.10. The highest BCUT2D eigenvalue weighted by atomic mass is 19.1. The number of aromatic nitrogens is 3. The first-order chi connectivity index (χ1) is 11.8. The molecule has 0 saturated carbocycles. The Morgan fingerprint density at radius 2 is 2.08 bits per heavy atom. The van der Waals surface area contributed by atoms with Crippen LogP contribution in [0.4, 0.5) is 4.39 Å². The number of fused-ring (bicyclic) bond motifs is 1. The van der Waals surface area contributed by atoms with Crippen LogP contribution in [0.2, 0.25) is 0 Å². The van der Waals surface area contributed by atoms with Crippen LogP contribution in [-0.2, 0) is 17.9 Å². The molecule has 1 aliphatic rings. The molecule has 0 radical (unpaired) electrons. The Bertz CT molecular complexity index is 774. The molecule has 0 bridgehead atoms. The average molecular weight is 326 g/mol. The van der Waals surface area contributed by atoms with E-state index in [1.54, 1.807) is 12.4 Å². The van der Waals surface area contributed by atoms with Crippen molar-refractivity contribution < 1.29 is 9.13 Å². The van der Waals surface area contributed by atoms with Gasteiger partial charge in [-0.2, -0.15) is 0 Å². The molecule has 2 aromatic heterocycles. The maximum atomic E-state index is 14.2. The number of alkyl halides is 1. The van der Waals surface area contributed by atoms with Crippen LogP contribution in [-0.4, -0.2) is 45.2 Å². The van der Waals surface area contributed by atoms with Gasteiger partial charge in [0.2, 0.25) is 0 Å². The van der Waals surface area contributed by atoms with E-state index in [-0.39, 0.29) is 6.61 Å². The van der Waals surface area contributed by atoms with E-state index in [0.717, 1.165) is 17.6 Å². The van der Waals surface area contributed by atoms with Crippen LogP contribution in [0, 0.1) is 0 Å². The maximum absolute atomic E-state index is 14.2. The number of ether oxygens (including phenoxy) is 1. The van der Waals surface area contributed by atoms with E-state index < -0.39 is 12.3 Å². The highest BCUT2D eigenvalue weighted by Crippen LogP contribution is 2.20. The molecule has 0 unspecified atom stereocenters. The Morgan fingerprint density at radius 3 is 2.92 bits per heavy atom. The summed E-state index contributed by atoms with van der Waals surface area (Å²) in [6.45, 7) is 2.03. The van der Waals surface area contributed by atoms with Gasteiger partial charge in [-0.1, -0.05) is 30.3 Å². The second-order valence-corrected chi connectivity index (χ2v) is 6.12. The lowest BCUT2D eigenvalue weighted by atomic mass is 10.2. The van der Waals surface area contributed by atoms with Crippen LogP contribution in [0.25, 0.3) is 11.0 Å². The summed E-state index contributed by atoms with van der Waals surface area (Å²) in [5.74, 6) is 0.701. The second kappa shape index (κ2) is 6.67. The van der Waals surface area contributed by atoms with Gasteiger partial charge in [-0.05, 0) is 11.6 Å². The highest BCUT2D eigenvalue weighted by molar-refractivity contribution is 5.73. The molecule has 5 nitrogen and oxygen atoms in total. The molecule has 3 heterocycles. The number of benzene rings is 1. The van der Waals surface area contributed by atoms with Crippen LogP contribution in [0.1, 0.15) is 11.4 Å². The Balaban J connectivity index is 1.35. The molecule has 1 fully saturated rings. The molecular weight excluding hydrogens is 307 g/mol. The van der Waals surface area contributed by atoms with Crippen molar-refractivity contribution in [2.45, 2.75) is 25.4 Å². The van der Waals surface area contributed by atoms with Crippen molar-refractivity contribution in [3.8, 4) is 0 Å². The molecule has 1 N–H and O–H groups in total.